The molecule has 0 atom stereocenters. The second-order valence-corrected chi connectivity index (χ2v) is 6.94. The van der Waals surface area contributed by atoms with Crippen LogP contribution in [-0.2, 0) is 6.42 Å². The number of para-hydroxylation sites is 1. The van der Waals surface area contributed by atoms with E-state index in [9.17, 15) is 9.90 Å². The van der Waals surface area contributed by atoms with E-state index in [1.54, 1.807) is 19.2 Å². The van der Waals surface area contributed by atoms with Crippen LogP contribution in [0.2, 0.25) is 5.02 Å². The zero-order valence-electron chi connectivity index (χ0n) is 15.4. The second kappa shape index (κ2) is 8.03. The lowest BCUT2D eigenvalue weighted by atomic mass is 9.96. The van der Waals surface area contributed by atoms with E-state index in [1.807, 2.05) is 25.1 Å². The molecule has 6 heteroatoms. The third-order valence-corrected chi connectivity index (χ3v) is 5.12. The van der Waals surface area contributed by atoms with Crippen LogP contribution in [0.25, 0.3) is 22.2 Å². The van der Waals surface area contributed by atoms with Crippen LogP contribution in [0.5, 0.6) is 5.75 Å². The van der Waals surface area contributed by atoms with Crippen molar-refractivity contribution in [2.45, 2.75) is 26.2 Å². The molecule has 27 heavy (non-hydrogen) atoms. The minimum absolute atomic E-state index is 0.242. The van der Waals surface area contributed by atoms with Crippen molar-refractivity contribution in [3.8, 4) is 17.0 Å². The Labute approximate surface area is 163 Å². The zero-order chi connectivity index (χ0) is 19.6. The Kier molecular flexibility index (Phi) is 5.73. The Balaban J connectivity index is 2.34. The molecule has 0 saturated heterocycles. The number of benzene rings is 2. The number of aryl methyl sites for hydroxylation is 2. The summed E-state index contributed by atoms with van der Waals surface area (Å²) in [6.45, 7) is 2.58. The first-order valence-corrected chi connectivity index (χ1v) is 9.27. The van der Waals surface area contributed by atoms with Crippen LogP contribution in [0, 0.1) is 6.92 Å². The molecule has 0 aliphatic heterocycles. The van der Waals surface area contributed by atoms with Crippen molar-refractivity contribution in [2.24, 2.45) is 5.73 Å². The summed E-state index contributed by atoms with van der Waals surface area (Å²) in [6, 6.07) is 9.09. The van der Waals surface area contributed by atoms with Crippen LogP contribution < -0.4 is 10.5 Å². The molecule has 0 aliphatic rings. The maximum atomic E-state index is 11.8. The standard InChI is InChI=1S/C21H23ClN2O3/c1-12-6-5-8-15(20(12)27-2)18-13(7-3-4-11-23)17-14(21(25)26)9-10-16(22)19(17)24-18/h5-6,8-10,24H,3-4,7,11,23H2,1-2H3,(H,25,26). The maximum Gasteiger partial charge on any atom is 0.336 e. The number of fused-ring (bicyclic) bond motifs is 1. The lowest BCUT2D eigenvalue weighted by Crippen LogP contribution is -2.01. The first-order valence-electron chi connectivity index (χ1n) is 8.90. The number of ether oxygens (including phenoxy) is 1. The molecule has 0 bridgehead atoms. The summed E-state index contributed by atoms with van der Waals surface area (Å²) in [5.74, 6) is -0.212. The number of carboxylic acids is 1. The van der Waals surface area contributed by atoms with Crippen molar-refractivity contribution in [1.82, 2.24) is 4.98 Å². The summed E-state index contributed by atoms with van der Waals surface area (Å²) < 4.78 is 5.63. The molecule has 0 spiro atoms. The summed E-state index contributed by atoms with van der Waals surface area (Å²) in [5.41, 5.74) is 10.2. The number of aromatic carboxylic acids is 1. The Bertz CT molecular complexity index is 995. The summed E-state index contributed by atoms with van der Waals surface area (Å²) in [6.07, 6.45) is 2.42. The number of aromatic nitrogens is 1. The highest BCUT2D eigenvalue weighted by Crippen LogP contribution is 2.41. The van der Waals surface area contributed by atoms with E-state index in [4.69, 9.17) is 22.1 Å². The minimum Gasteiger partial charge on any atom is -0.496 e. The van der Waals surface area contributed by atoms with Crippen molar-refractivity contribution in [3.63, 3.8) is 0 Å². The summed E-state index contributed by atoms with van der Waals surface area (Å²) in [7, 11) is 1.64. The van der Waals surface area contributed by atoms with Gasteiger partial charge in [-0.05, 0) is 62.1 Å². The quantitative estimate of drug-likeness (QED) is 0.509. The Morgan fingerprint density at radius 2 is 2.04 bits per heavy atom. The molecule has 3 rings (SSSR count). The van der Waals surface area contributed by atoms with Crippen LogP contribution in [0.15, 0.2) is 30.3 Å². The number of methoxy groups -OCH3 is 1. The Morgan fingerprint density at radius 3 is 2.70 bits per heavy atom. The van der Waals surface area contributed by atoms with E-state index in [0.29, 0.717) is 28.9 Å². The molecule has 4 N–H and O–H groups in total. The topological polar surface area (TPSA) is 88.3 Å². The van der Waals surface area contributed by atoms with Crippen LogP contribution in [0.1, 0.15) is 34.3 Å². The molecular formula is C21H23ClN2O3. The number of hydrogen-bond acceptors (Lipinski definition) is 3. The minimum atomic E-state index is -0.974. The largest absolute Gasteiger partial charge is 0.496 e. The molecule has 0 fully saturated rings. The van der Waals surface area contributed by atoms with Gasteiger partial charge < -0.3 is 20.6 Å². The van der Waals surface area contributed by atoms with Crippen molar-refractivity contribution in [3.05, 3.63) is 52.0 Å². The number of aromatic amines is 1. The normalized spacial score (nSPS) is 11.1. The molecule has 3 aromatic rings. The van der Waals surface area contributed by atoms with E-state index in [0.717, 1.165) is 41.0 Å². The maximum absolute atomic E-state index is 11.8. The average Bonchev–Trinajstić information content (AvgIpc) is 3.02. The molecule has 5 nitrogen and oxygen atoms in total. The molecule has 1 heterocycles. The predicted molar refractivity (Wildman–Crippen MR) is 109 cm³/mol. The van der Waals surface area contributed by atoms with Crippen molar-refractivity contribution in [1.29, 1.82) is 0 Å². The van der Waals surface area contributed by atoms with Crippen LogP contribution in [0.3, 0.4) is 0 Å². The highest BCUT2D eigenvalue weighted by Gasteiger charge is 2.22. The molecule has 0 aliphatic carbocycles. The van der Waals surface area contributed by atoms with E-state index in [-0.39, 0.29) is 5.56 Å². The van der Waals surface area contributed by atoms with Gasteiger partial charge in [0.1, 0.15) is 5.75 Å². The van der Waals surface area contributed by atoms with Gasteiger partial charge >= 0.3 is 5.97 Å². The number of H-pyrrole nitrogens is 1. The molecule has 0 radical (unpaired) electrons. The Hall–Kier alpha value is -2.50. The number of nitrogens with one attached hydrogen (secondary N) is 1. The van der Waals surface area contributed by atoms with Gasteiger partial charge in [0.25, 0.3) is 0 Å². The third kappa shape index (κ3) is 3.53. The highest BCUT2D eigenvalue weighted by molar-refractivity contribution is 6.36. The first-order chi connectivity index (χ1) is 13.0. The monoisotopic (exact) mass is 386 g/mol. The average molecular weight is 387 g/mol. The van der Waals surface area contributed by atoms with Gasteiger partial charge in [-0.2, -0.15) is 0 Å². The van der Waals surface area contributed by atoms with Crippen molar-refractivity contribution >= 4 is 28.5 Å². The van der Waals surface area contributed by atoms with Gasteiger partial charge in [-0.3, -0.25) is 0 Å². The van der Waals surface area contributed by atoms with E-state index >= 15 is 0 Å². The molecule has 0 amide bonds. The lowest BCUT2D eigenvalue weighted by Gasteiger charge is -2.12. The number of carbonyl (C=O) groups is 1. The number of rotatable bonds is 7. The van der Waals surface area contributed by atoms with Gasteiger partial charge in [-0.1, -0.05) is 23.7 Å². The van der Waals surface area contributed by atoms with Gasteiger partial charge in [0, 0.05) is 10.9 Å². The van der Waals surface area contributed by atoms with Gasteiger partial charge in [0.15, 0.2) is 0 Å². The number of nitrogens with two attached hydrogens (primary N) is 1. The molecule has 142 valence electrons. The fourth-order valence-corrected chi connectivity index (χ4v) is 3.77. The smallest absolute Gasteiger partial charge is 0.336 e. The van der Waals surface area contributed by atoms with E-state index < -0.39 is 5.97 Å². The zero-order valence-corrected chi connectivity index (χ0v) is 16.2. The fraction of sp³-hybridized carbons (Fsp3) is 0.286. The SMILES string of the molecule is COc1c(C)cccc1-c1[nH]c2c(Cl)ccc(C(=O)O)c2c1CCCCN. The van der Waals surface area contributed by atoms with E-state index in [1.165, 1.54) is 0 Å². The molecule has 1 aromatic heterocycles. The number of hydrogen-bond donors (Lipinski definition) is 3. The van der Waals surface area contributed by atoms with Crippen LogP contribution >= 0.6 is 11.6 Å². The second-order valence-electron chi connectivity index (χ2n) is 6.53. The van der Waals surface area contributed by atoms with Crippen molar-refractivity contribution in [2.75, 3.05) is 13.7 Å². The molecule has 0 unspecified atom stereocenters. The highest BCUT2D eigenvalue weighted by atomic mass is 35.5. The predicted octanol–water partition coefficient (Wildman–Crippen LogP) is 4.78. The van der Waals surface area contributed by atoms with Gasteiger partial charge in [0.2, 0.25) is 0 Å². The lowest BCUT2D eigenvalue weighted by molar-refractivity contribution is 0.0699. The number of carboxylic acid groups (broad SMARTS) is 1. The molecule has 2 aromatic carbocycles. The fourth-order valence-electron chi connectivity index (χ4n) is 3.56. The summed E-state index contributed by atoms with van der Waals surface area (Å²) in [4.78, 5) is 15.2. The molecular weight excluding hydrogens is 364 g/mol. The van der Waals surface area contributed by atoms with Gasteiger partial charge in [-0.15, -0.1) is 0 Å². The van der Waals surface area contributed by atoms with Crippen LogP contribution in [0.4, 0.5) is 0 Å². The first kappa shape index (κ1) is 19.3. The number of halogens is 1. The van der Waals surface area contributed by atoms with Gasteiger partial charge in [-0.25, -0.2) is 4.79 Å². The van der Waals surface area contributed by atoms with Crippen molar-refractivity contribution < 1.29 is 14.6 Å². The van der Waals surface area contributed by atoms with E-state index in [2.05, 4.69) is 4.98 Å². The number of unbranched alkanes of at least 4 members (excludes halogenated alkanes) is 1. The molecule has 0 saturated carbocycles. The Morgan fingerprint density at radius 1 is 1.26 bits per heavy atom. The summed E-state index contributed by atoms with van der Waals surface area (Å²) in [5, 5.41) is 10.8. The van der Waals surface area contributed by atoms with Crippen LogP contribution in [-0.4, -0.2) is 29.7 Å². The van der Waals surface area contributed by atoms with Gasteiger partial charge in [0.05, 0.1) is 28.9 Å². The third-order valence-electron chi connectivity index (χ3n) is 4.80. The summed E-state index contributed by atoms with van der Waals surface area (Å²) >= 11 is 6.40.